The largest absolute Gasteiger partial charge is 0.352 e. The lowest BCUT2D eigenvalue weighted by atomic mass is 9.88. The Morgan fingerprint density at radius 1 is 0.811 bits per heavy atom. The van der Waals surface area contributed by atoms with Crippen molar-refractivity contribution in [3.8, 4) is 0 Å². The molecular formula is C32H28F2N2O. The Labute approximate surface area is 215 Å². The van der Waals surface area contributed by atoms with Crippen LogP contribution in [0.1, 0.15) is 40.2 Å². The third-order valence-electron chi connectivity index (χ3n) is 6.73. The van der Waals surface area contributed by atoms with Gasteiger partial charge in [0.05, 0.1) is 0 Å². The van der Waals surface area contributed by atoms with E-state index < -0.39 is 0 Å². The van der Waals surface area contributed by atoms with Gasteiger partial charge in [0.1, 0.15) is 11.6 Å². The highest BCUT2D eigenvalue weighted by Crippen LogP contribution is 2.35. The van der Waals surface area contributed by atoms with E-state index in [1.807, 2.05) is 12.1 Å². The number of hydrogen-bond acceptors (Lipinski definition) is 1. The van der Waals surface area contributed by atoms with Gasteiger partial charge >= 0.3 is 0 Å². The number of hydrogen-bond donors (Lipinski definition) is 1. The van der Waals surface area contributed by atoms with Crippen molar-refractivity contribution in [3.05, 3.63) is 143 Å². The number of amides is 1. The second-order valence-electron chi connectivity index (χ2n) is 9.43. The molecule has 0 aliphatic rings. The maximum atomic E-state index is 13.8. The SMILES string of the molecule is Cc1ccc(Cn2cc([C@@H](CC(=O)NCc3ccc(F)cc3)c3ccc(F)cc3)c3ccccc32)cc1. The van der Waals surface area contributed by atoms with Gasteiger partial charge in [-0.25, -0.2) is 8.78 Å². The molecule has 1 atom stereocenters. The summed E-state index contributed by atoms with van der Waals surface area (Å²) >= 11 is 0. The minimum atomic E-state index is -0.315. The number of benzene rings is 4. The predicted octanol–water partition coefficient (Wildman–Crippen LogP) is 7.11. The lowest BCUT2D eigenvalue weighted by molar-refractivity contribution is -0.121. The van der Waals surface area contributed by atoms with Crippen LogP contribution >= 0.6 is 0 Å². The number of halogens is 2. The van der Waals surface area contributed by atoms with Gasteiger partial charge in [-0.3, -0.25) is 4.79 Å². The molecule has 186 valence electrons. The molecule has 5 heteroatoms. The average molecular weight is 495 g/mol. The quantitative estimate of drug-likeness (QED) is 0.245. The first-order valence-electron chi connectivity index (χ1n) is 12.4. The first-order valence-corrected chi connectivity index (χ1v) is 12.4. The predicted molar refractivity (Wildman–Crippen MR) is 143 cm³/mol. The molecule has 1 N–H and O–H groups in total. The Kier molecular flexibility index (Phi) is 7.13. The van der Waals surface area contributed by atoms with E-state index in [9.17, 15) is 13.6 Å². The summed E-state index contributed by atoms with van der Waals surface area (Å²) in [5.41, 5.74) is 6.20. The van der Waals surface area contributed by atoms with Crippen LogP contribution in [0.4, 0.5) is 8.78 Å². The zero-order chi connectivity index (χ0) is 25.8. The molecule has 0 aliphatic carbocycles. The summed E-state index contributed by atoms with van der Waals surface area (Å²) in [4.78, 5) is 13.1. The van der Waals surface area contributed by atoms with Crippen molar-refractivity contribution in [2.75, 3.05) is 0 Å². The fourth-order valence-corrected chi connectivity index (χ4v) is 4.74. The number of aromatic nitrogens is 1. The molecule has 3 nitrogen and oxygen atoms in total. The molecule has 0 saturated carbocycles. The van der Waals surface area contributed by atoms with Crippen molar-refractivity contribution in [2.45, 2.75) is 32.4 Å². The molecule has 0 saturated heterocycles. The van der Waals surface area contributed by atoms with E-state index in [0.717, 1.165) is 27.6 Å². The molecule has 1 heterocycles. The van der Waals surface area contributed by atoms with Gasteiger partial charge in [-0.2, -0.15) is 0 Å². The molecule has 0 bridgehead atoms. The molecule has 5 rings (SSSR count). The Balaban J connectivity index is 1.47. The second-order valence-corrected chi connectivity index (χ2v) is 9.43. The van der Waals surface area contributed by atoms with Crippen molar-refractivity contribution in [1.82, 2.24) is 9.88 Å². The van der Waals surface area contributed by atoms with E-state index in [1.165, 1.54) is 35.4 Å². The molecule has 0 aliphatic heterocycles. The van der Waals surface area contributed by atoms with Crippen LogP contribution in [0.3, 0.4) is 0 Å². The van der Waals surface area contributed by atoms with E-state index >= 15 is 0 Å². The Bertz CT molecular complexity index is 1500. The van der Waals surface area contributed by atoms with Gasteiger partial charge in [-0.05, 0) is 59.5 Å². The van der Waals surface area contributed by atoms with Crippen molar-refractivity contribution >= 4 is 16.8 Å². The number of nitrogens with zero attached hydrogens (tertiary/aromatic N) is 1. The van der Waals surface area contributed by atoms with E-state index in [-0.39, 0.29) is 29.9 Å². The van der Waals surface area contributed by atoms with Crippen molar-refractivity contribution in [2.24, 2.45) is 0 Å². The summed E-state index contributed by atoms with van der Waals surface area (Å²) in [6.07, 6.45) is 2.32. The molecule has 4 aromatic carbocycles. The minimum absolute atomic E-state index is 0.131. The molecule has 37 heavy (non-hydrogen) atoms. The van der Waals surface area contributed by atoms with Gasteiger partial charge < -0.3 is 9.88 Å². The topological polar surface area (TPSA) is 34.0 Å². The zero-order valence-corrected chi connectivity index (χ0v) is 20.6. The van der Waals surface area contributed by atoms with Gasteiger partial charge in [0.15, 0.2) is 0 Å². The lowest BCUT2D eigenvalue weighted by Gasteiger charge is -2.17. The molecule has 0 spiro atoms. The summed E-state index contributed by atoms with van der Waals surface area (Å²) < 4.78 is 29.2. The number of rotatable bonds is 8. The lowest BCUT2D eigenvalue weighted by Crippen LogP contribution is -2.25. The third-order valence-corrected chi connectivity index (χ3v) is 6.73. The van der Waals surface area contributed by atoms with Gasteiger partial charge in [-0.1, -0.05) is 72.3 Å². The smallest absolute Gasteiger partial charge is 0.221 e. The van der Waals surface area contributed by atoms with E-state index in [2.05, 4.69) is 59.4 Å². The Morgan fingerprint density at radius 3 is 2.14 bits per heavy atom. The number of carbonyl (C=O) groups is 1. The van der Waals surface area contributed by atoms with Gasteiger partial charge in [0.25, 0.3) is 0 Å². The van der Waals surface area contributed by atoms with Crippen LogP contribution in [0.2, 0.25) is 0 Å². The van der Waals surface area contributed by atoms with Crippen molar-refractivity contribution in [1.29, 1.82) is 0 Å². The third kappa shape index (κ3) is 5.78. The van der Waals surface area contributed by atoms with Crippen LogP contribution in [-0.4, -0.2) is 10.5 Å². The molecular weight excluding hydrogens is 466 g/mol. The van der Waals surface area contributed by atoms with Crippen molar-refractivity contribution in [3.63, 3.8) is 0 Å². The van der Waals surface area contributed by atoms with E-state index in [4.69, 9.17) is 0 Å². The number of aryl methyl sites for hydroxylation is 1. The fourth-order valence-electron chi connectivity index (χ4n) is 4.74. The van der Waals surface area contributed by atoms with Gasteiger partial charge in [0.2, 0.25) is 5.91 Å². The Hall–Kier alpha value is -4.25. The summed E-state index contributed by atoms with van der Waals surface area (Å²) in [6.45, 7) is 3.08. The highest BCUT2D eigenvalue weighted by molar-refractivity contribution is 5.86. The number of carbonyl (C=O) groups excluding carboxylic acids is 1. The first kappa shape index (κ1) is 24.4. The maximum absolute atomic E-state index is 13.8. The first-order chi connectivity index (χ1) is 18.0. The monoisotopic (exact) mass is 494 g/mol. The average Bonchev–Trinajstić information content (AvgIpc) is 3.27. The summed E-state index contributed by atoms with van der Waals surface area (Å²) in [6, 6.07) is 29.1. The van der Waals surface area contributed by atoms with Crippen LogP contribution < -0.4 is 5.32 Å². The normalized spacial score (nSPS) is 12.0. The highest BCUT2D eigenvalue weighted by Gasteiger charge is 2.23. The van der Waals surface area contributed by atoms with E-state index in [1.54, 1.807) is 24.3 Å². The van der Waals surface area contributed by atoms with Crippen LogP contribution in [0.5, 0.6) is 0 Å². The molecule has 0 unspecified atom stereocenters. The Morgan fingerprint density at radius 2 is 1.43 bits per heavy atom. The van der Waals surface area contributed by atoms with Crippen LogP contribution in [0.25, 0.3) is 10.9 Å². The number of para-hydroxylation sites is 1. The van der Waals surface area contributed by atoms with Gasteiger partial charge in [0, 0.05) is 42.5 Å². The zero-order valence-electron chi connectivity index (χ0n) is 20.6. The molecule has 0 fully saturated rings. The summed E-state index contributed by atoms with van der Waals surface area (Å²) in [5.74, 6) is -1.02. The second kappa shape index (κ2) is 10.8. The molecule has 5 aromatic rings. The molecule has 1 aromatic heterocycles. The van der Waals surface area contributed by atoms with Crippen LogP contribution in [0, 0.1) is 18.6 Å². The van der Waals surface area contributed by atoms with Crippen LogP contribution in [-0.2, 0) is 17.9 Å². The summed E-state index contributed by atoms with van der Waals surface area (Å²) in [5, 5.41) is 4.02. The molecule has 0 radical (unpaired) electrons. The molecule has 1 amide bonds. The minimum Gasteiger partial charge on any atom is -0.352 e. The standard InChI is InChI=1S/C32H28F2N2O/c1-22-6-8-24(9-7-22)20-36-21-30(28-4-2-3-5-31(28)36)29(25-12-16-27(34)17-13-25)18-32(37)35-19-23-10-14-26(33)15-11-23/h2-17,21,29H,18-20H2,1H3,(H,35,37)/t29-/m0/s1. The van der Waals surface area contributed by atoms with Crippen molar-refractivity contribution < 1.29 is 13.6 Å². The fraction of sp³-hybridized carbons (Fsp3) is 0.156. The highest BCUT2D eigenvalue weighted by atomic mass is 19.1. The summed E-state index contributed by atoms with van der Waals surface area (Å²) in [7, 11) is 0. The van der Waals surface area contributed by atoms with Crippen LogP contribution in [0.15, 0.2) is 103 Å². The maximum Gasteiger partial charge on any atom is 0.221 e. The number of nitrogens with one attached hydrogen (secondary N) is 1. The number of fused-ring (bicyclic) bond motifs is 1. The van der Waals surface area contributed by atoms with E-state index in [0.29, 0.717) is 13.1 Å². The van der Waals surface area contributed by atoms with Gasteiger partial charge in [-0.15, -0.1) is 0 Å².